The van der Waals surface area contributed by atoms with Gasteiger partial charge < -0.3 is 15.1 Å². The van der Waals surface area contributed by atoms with Crippen LogP contribution in [0.15, 0.2) is 54.7 Å². The summed E-state index contributed by atoms with van der Waals surface area (Å²) in [5.74, 6) is 1.39. The summed E-state index contributed by atoms with van der Waals surface area (Å²) < 4.78 is 0. The third-order valence-corrected chi connectivity index (χ3v) is 5.07. The van der Waals surface area contributed by atoms with Gasteiger partial charge in [0.05, 0.1) is 6.20 Å². The van der Waals surface area contributed by atoms with Crippen molar-refractivity contribution < 1.29 is 0 Å². The molecule has 0 aliphatic carbocycles. The Morgan fingerprint density at radius 1 is 0.852 bits per heavy atom. The van der Waals surface area contributed by atoms with Crippen molar-refractivity contribution in [2.24, 2.45) is 0 Å². The summed E-state index contributed by atoms with van der Waals surface area (Å²) in [6.45, 7) is 8.02. The molecular weight excluding hydrogens is 336 g/mol. The van der Waals surface area contributed by atoms with E-state index in [2.05, 4.69) is 62.3 Å². The SMILES string of the molecule is Cc1cccc(N2CCN(c3nncc(Nc4ccccc4)n3)CC2)c1C. The summed E-state index contributed by atoms with van der Waals surface area (Å²) in [4.78, 5) is 9.29. The van der Waals surface area contributed by atoms with Gasteiger partial charge in [-0.25, -0.2) is 0 Å². The molecule has 6 heteroatoms. The van der Waals surface area contributed by atoms with Crippen LogP contribution in [0.5, 0.6) is 0 Å². The maximum Gasteiger partial charge on any atom is 0.247 e. The van der Waals surface area contributed by atoms with Crippen LogP contribution >= 0.6 is 0 Å². The van der Waals surface area contributed by atoms with Gasteiger partial charge >= 0.3 is 0 Å². The number of nitrogens with one attached hydrogen (secondary N) is 1. The second-order valence-corrected chi connectivity index (χ2v) is 6.83. The molecule has 6 nitrogen and oxygen atoms in total. The van der Waals surface area contributed by atoms with Crippen molar-refractivity contribution in [1.82, 2.24) is 15.2 Å². The average Bonchev–Trinajstić information content (AvgIpc) is 2.71. The molecule has 3 aromatic rings. The number of hydrogen-bond donors (Lipinski definition) is 1. The van der Waals surface area contributed by atoms with Gasteiger partial charge in [0.25, 0.3) is 0 Å². The molecule has 0 radical (unpaired) electrons. The standard InChI is InChI=1S/C21H24N6/c1-16-7-6-10-19(17(16)2)26-11-13-27(14-12-26)21-24-20(15-22-25-21)23-18-8-4-3-5-9-18/h3-10,15H,11-14H2,1-2H3,(H,23,24,25). The van der Waals surface area contributed by atoms with Crippen molar-refractivity contribution in [3.8, 4) is 0 Å². The minimum atomic E-state index is 0.677. The van der Waals surface area contributed by atoms with Crippen LogP contribution in [-0.4, -0.2) is 41.4 Å². The summed E-state index contributed by atoms with van der Waals surface area (Å²) in [6.07, 6.45) is 1.66. The quantitative estimate of drug-likeness (QED) is 0.768. The lowest BCUT2D eigenvalue weighted by atomic mass is 10.1. The van der Waals surface area contributed by atoms with Crippen LogP contribution in [0.2, 0.25) is 0 Å². The van der Waals surface area contributed by atoms with E-state index in [9.17, 15) is 0 Å². The molecule has 0 spiro atoms. The molecule has 0 amide bonds. The Kier molecular flexibility index (Phi) is 4.87. The fourth-order valence-electron chi connectivity index (χ4n) is 3.38. The summed E-state index contributed by atoms with van der Waals surface area (Å²) in [5, 5.41) is 11.7. The lowest BCUT2D eigenvalue weighted by Crippen LogP contribution is -2.47. The zero-order chi connectivity index (χ0) is 18.6. The first kappa shape index (κ1) is 17.3. The number of para-hydroxylation sites is 1. The molecule has 0 unspecified atom stereocenters. The molecule has 1 fully saturated rings. The van der Waals surface area contributed by atoms with E-state index in [-0.39, 0.29) is 0 Å². The molecule has 1 aliphatic rings. The smallest absolute Gasteiger partial charge is 0.247 e. The van der Waals surface area contributed by atoms with E-state index in [1.54, 1.807) is 6.20 Å². The van der Waals surface area contributed by atoms with E-state index in [0.717, 1.165) is 31.9 Å². The van der Waals surface area contributed by atoms with Crippen LogP contribution in [0, 0.1) is 13.8 Å². The number of benzene rings is 2. The highest BCUT2D eigenvalue weighted by Crippen LogP contribution is 2.25. The van der Waals surface area contributed by atoms with E-state index in [1.165, 1.54) is 16.8 Å². The van der Waals surface area contributed by atoms with Gasteiger partial charge in [-0.3, -0.25) is 0 Å². The number of anilines is 4. The lowest BCUT2D eigenvalue weighted by molar-refractivity contribution is 0.634. The van der Waals surface area contributed by atoms with Crippen molar-refractivity contribution in [2.75, 3.05) is 41.3 Å². The topological polar surface area (TPSA) is 57.2 Å². The van der Waals surface area contributed by atoms with Gasteiger partial charge in [-0.15, -0.1) is 5.10 Å². The molecule has 2 aromatic carbocycles. The fourth-order valence-corrected chi connectivity index (χ4v) is 3.38. The third kappa shape index (κ3) is 3.84. The minimum absolute atomic E-state index is 0.677. The van der Waals surface area contributed by atoms with Crippen molar-refractivity contribution in [3.63, 3.8) is 0 Å². The molecular formula is C21H24N6. The van der Waals surface area contributed by atoms with Gasteiger partial charge in [0.15, 0.2) is 5.82 Å². The average molecular weight is 360 g/mol. The molecule has 138 valence electrons. The van der Waals surface area contributed by atoms with Gasteiger partial charge in [0, 0.05) is 37.6 Å². The summed E-state index contributed by atoms with van der Waals surface area (Å²) in [7, 11) is 0. The number of piperazine rings is 1. The van der Waals surface area contributed by atoms with Crippen molar-refractivity contribution in [3.05, 3.63) is 65.9 Å². The molecule has 1 aliphatic heterocycles. The molecule has 0 saturated carbocycles. The Balaban J connectivity index is 1.44. The largest absolute Gasteiger partial charge is 0.368 e. The number of aromatic nitrogens is 3. The van der Waals surface area contributed by atoms with E-state index < -0.39 is 0 Å². The first-order chi connectivity index (χ1) is 13.2. The molecule has 27 heavy (non-hydrogen) atoms. The third-order valence-electron chi connectivity index (χ3n) is 5.07. The predicted molar refractivity (Wildman–Crippen MR) is 110 cm³/mol. The zero-order valence-electron chi connectivity index (χ0n) is 15.8. The summed E-state index contributed by atoms with van der Waals surface area (Å²) >= 11 is 0. The molecule has 0 bridgehead atoms. The highest BCUT2D eigenvalue weighted by Gasteiger charge is 2.21. The Morgan fingerprint density at radius 2 is 1.59 bits per heavy atom. The number of rotatable bonds is 4. The molecule has 1 saturated heterocycles. The van der Waals surface area contributed by atoms with Gasteiger partial charge in [-0.05, 0) is 43.2 Å². The van der Waals surface area contributed by atoms with Crippen LogP contribution < -0.4 is 15.1 Å². The van der Waals surface area contributed by atoms with Crippen molar-refractivity contribution >= 4 is 23.1 Å². The molecule has 0 atom stereocenters. The van der Waals surface area contributed by atoms with Crippen LogP contribution in [-0.2, 0) is 0 Å². The number of hydrogen-bond acceptors (Lipinski definition) is 6. The molecule has 1 aromatic heterocycles. The van der Waals surface area contributed by atoms with Gasteiger partial charge in [0.1, 0.15) is 0 Å². The van der Waals surface area contributed by atoms with Gasteiger partial charge in [-0.2, -0.15) is 10.1 Å². The van der Waals surface area contributed by atoms with E-state index in [4.69, 9.17) is 0 Å². The van der Waals surface area contributed by atoms with E-state index in [0.29, 0.717) is 11.8 Å². The van der Waals surface area contributed by atoms with Crippen LogP contribution in [0.4, 0.5) is 23.1 Å². The number of aryl methyl sites for hydroxylation is 1. The van der Waals surface area contributed by atoms with Crippen LogP contribution in [0.1, 0.15) is 11.1 Å². The maximum atomic E-state index is 4.64. The monoisotopic (exact) mass is 360 g/mol. The van der Waals surface area contributed by atoms with Crippen molar-refractivity contribution in [2.45, 2.75) is 13.8 Å². The van der Waals surface area contributed by atoms with E-state index in [1.807, 2.05) is 30.3 Å². The lowest BCUT2D eigenvalue weighted by Gasteiger charge is -2.36. The Morgan fingerprint density at radius 3 is 2.37 bits per heavy atom. The normalized spacial score (nSPS) is 14.3. The maximum absolute atomic E-state index is 4.64. The van der Waals surface area contributed by atoms with Gasteiger partial charge in [-0.1, -0.05) is 30.3 Å². The Labute approximate surface area is 159 Å². The highest BCUT2D eigenvalue weighted by molar-refractivity contribution is 5.58. The molecule has 4 rings (SSSR count). The Bertz CT molecular complexity index is 904. The van der Waals surface area contributed by atoms with Crippen LogP contribution in [0.25, 0.3) is 0 Å². The fraction of sp³-hybridized carbons (Fsp3) is 0.286. The predicted octanol–water partition coefficient (Wildman–Crippen LogP) is 3.56. The number of nitrogens with zero attached hydrogens (tertiary/aromatic N) is 5. The zero-order valence-corrected chi connectivity index (χ0v) is 15.8. The molecule has 1 N–H and O–H groups in total. The van der Waals surface area contributed by atoms with Gasteiger partial charge in [0.2, 0.25) is 5.95 Å². The molecule has 2 heterocycles. The first-order valence-corrected chi connectivity index (χ1v) is 9.28. The highest BCUT2D eigenvalue weighted by atomic mass is 15.4. The summed E-state index contributed by atoms with van der Waals surface area (Å²) in [5.41, 5.74) is 5.01. The van der Waals surface area contributed by atoms with Crippen LogP contribution in [0.3, 0.4) is 0 Å². The first-order valence-electron chi connectivity index (χ1n) is 9.28. The van der Waals surface area contributed by atoms with E-state index >= 15 is 0 Å². The van der Waals surface area contributed by atoms with Crippen molar-refractivity contribution in [1.29, 1.82) is 0 Å². The summed E-state index contributed by atoms with van der Waals surface area (Å²) in [6, 6.07) is 16.5. The second kappa shape index (κ2) is 7.61. The second-order valence-electron chi connectivity index (χ2n) is 6.83. The Hall–Kier alpha value is -3.15. The minimum Gasteiger partial charge on any atom is -0.368 e.